The average Bonchev–Trinajstić information content (AvgIpc) is 3.36. The molecule has 0 saturated carbocycles. The van der Waals surface area contributed by atoms with Gasteiger partial charge in [0.15, 0.2) is 0 Å². The second-order valence-corrected chi connectivity index (χ2v) is 8.13. The third kappa shape index (κ3) is 4.52. The Morgan fingerprint density at radius 1 is 1.30 bits per heavy atom. The van der Waals surface area contributed by atoms with Crippen molar-refractivity contribution in [3.8, 4) is 0 Å². The third-order valence-corrected chi connectivity index (χ3v) is 6.29. The minimum Gasteiger partial charge on any atom is -0.381 e. The summed E-state index contributed by atoms with van der Waals surface area (Å²) in [5.74, 6) is 0.743. The van der Waals surface area contributed by atoms with E-state index in [1.807, 2.05) is 10.9 Å². The molecule has 0 spiro atoms. The van der Waals surface area contributed by atoms with E-state index in [4.69, 9.17) is 9.47 Å². The quantitative estimate of drug-likeness (QED) is 0.813. The molecule has 0 bridgehead atoms. The first-order chi connectivity index (χ1) is 13.2. The summed E-state index contributed by atoms with van der Waals surface area (Å²) in [6.07, 6.45) is 8.23. The number of hydrogen-bond donors (Lipinski definition) is 1. The molecule has 3 aliphatic rings. The van der Waals surface area contributed by atoms with Crippen LogP contribution in [0.5, 0.6) is 0 Å². The second-order valence-electron chi connectivity index (χ2n) is 8.13. The van der Waals surface area contributed by atoms with Crippen LogP contribution >= 0.6 is 0 Å². The Balaban J connectivity index is 1.36. The summed E-state index contributed by atoms with van der Waals surface area (Å²) in [4.78, 5) is 15.3. The van der Waals surface area contributed by atoms with Crippen molar-refractivity contribution in [2.75, 3.05) is 32.9 Å². The number of nitrogens with zero attached hydrogens (tertiary/aromatic N) is 3. The number of carbonyl (C=O) groups excluding carboxylic acids is 1. The Hall–Kier alpha value is -1.44. The van der Waals surface area contributed by atoms with Gasteiger partial charge in [0, 0.05) is 63.8 Å². The van der Waals surface area contributed by atoms with Crippen LogP contribution in [-0.2, 0) is 27.4 Å². The first-order valence-corrected chi connectivity index (χ1v) is 10.5. The smallest absolute Gasteiger partial charge is 0.224 e. The van der Waals surface area contributed by atoms with Gasteiger partial charge in [0.05, 0.1) is 18.2 Å². The van der Waals surface area contributed by atoms with E-state index in [1.165, 1.54) is 5.56 Å². The van der Waals surface area contributed by atoms with Gasteiger partial charge in [0.1, 0.15) is 0 Å². The lowest BCUT2D eigenvalue weighted by Crippen LogP contribution is -2.52. The Morgan fingerprint density at radius 2 is 2.15 bits per heavy atom. The van der Waals surface area contributed by atoms with Gasteiger partial charge >= 0.3 is 0 Å². The molecular weight excluding hydrogens is 344 g/mol. The molecule has 150 valence electrons. The maximum absolute atomic E-state index is 12.8. The Morgan fingerprint density at radius 3 is 2.93 bits per heavy atom. The molecule has 4 heterocycles. The lowest BCUT2D eigenvalue weighted by molar-refractivity contribution is -0.130. The van der Waals surface area contributed by atoms with Gasteiger partial charge in [-0.15, -0.1) is 0 Å². The highest BCUT2D eigenvalue weighted by atomic mass is 16.5. The van der Waals surface area contributed by atoms with Gasteiger partial charge in [-0.25, -0.2) is 0 Å². The fraction of sp³-hybridized carbons (Fsp3) is 0.800. The van der Waals surface area contributed by atoms with Crippen LogP contribution in [0.4, 0.5) is 0 Å². The number of ether oxygens (including phenoxy) is 2. The van der Waals surface area contributed by atoms with Crippen molar-refractivity contribution in [1.29, 1.82) is 0 Å². The van der Waals surface area contributed by atoms with Crippen LogP contribution < -0.4 is 5.32 Å². The highest BCUT2D eigenvalue weighted by Crippen LogP contribution is 2.32. The zero-order valence-electron chi connectivity index (χ0n) is 16.3. The fourth-order valence-corrected chi connectivity index (χ4v) is 4.66. The van der Waals surface area contributed by atoms with E-state index in [-0.39, 0.29) is 17.9 Å². The largest absolute Gasteiger partial charge is 0.381 e. The highest BCUT2D eigenvalue weighted by Gasteiger charge is 2.42. The van der Waals surface area contributed by atoms with Crippen molar-refractivity contribution in [1.82, 2.24) is 20.0 Å². The minimum absolute atomic E-state index is 0.00501. The topological polar surface area (TPSA) is 68.6 Å². The van der Waals surface area contributed by atoms with Crippen LogP contribution in [0, 0.1) is 11.8 Å². The Kier molecular flexibility index (Phi) is 6.10. The van der Waals surface area contributed by atoms with Crippen molar-refractivity contribution in [3.05, 3.63) is 18.0 Å². The van der Waals surface area contributed by atoms with Crippen molar-refractivity contribution < 1.29 is 14.3 Å². The number of fused-ring (bicyclic) bond motifs is 1. The molecule has 3 fully saturated rings. The zero-order valence-corrected chi connectivity index (χ0v) is 16.3. The lowest BCUT2D eigenvalue weighted by atomic mass is 9.89. The average molecular weight is 377 g/mol. The van der Waals surface area contributed by atoms with Crippen molar-refractivity contribution in [2.24, 2.45) is 11.8 Å². The van der Waals surface area contributed by atoms with Crippen molar-refractivity contribution in [2.45, 2.75) is 57.8 Å². The molecule has 7 heteroatoms. The van der Waals surface area contributed by atoms with Gasteiger partial charge in [-0.05, 0) is 38.5 Å². The summed E-state index contributed by atoms with van der Waals surface area (Å²) >= 11 is 0. The van der Waals surface area contributed by atoms with Crippen LogP contribution in [0.3, 0.4) is 0 Å². The molecule has 0 aromatic carbocycles. The van der Waals surface area contributed by atoms with Crippen molar-refractivity contribution in [3.63, 3.8) is 0 Å². The van der Waals surface area contributed by atoms with Crippen LogP contribution in [-0.4, -0.2) is 65.6 Å². The number of rotatable bonds is 6. The number of aryl methyl sites for hydroxylation is 1. The van der Waals surface area contributed by atoms with Crippen LogP contribution in [0.1, 0.15) is 38.2 Å². The Bertz CT molecular complexity index is 628. The van der Waals surface area contributed by atoms with Gasteiger partial charge in [0.2, 0.25) is 5.91 Å². The molecule has 1 amide bonds. The predicted octanol–water partition coefficient (Wildman–Crippen LogP) is 1.43. The molecule has 0 aliphatic carbocycles. The van der Waals surface area contributed by atoms with E-state index in [0.717, 1.165) is 71.7 Å². The molecule has 3 aliphatic heterocycles. The second kappa shape index (κ2) is 8.71. The van der Waals surface area contributed by atoms with E-state index >= 15 is 0 Å². The van der Waals surface area contributed by atoms with E-state index < -0.39 is 0 Å². The van der Waals surface area contributed by atoms with Crippen LogP contribution in [0.25, 0.3) is 0 Å². The first-order valence-electron chi connectivity index (χ1n) is 10.5. The summed E-state index contributed by atoms with van der Waals surface area (Å²) in [6.45, 7) is 7.84. The number of aromatic nitrogens is 2. The molecule has 3 saturated heterocycles. The molecular formula is C20H32N4O3. The van der Waals surface area contributed by atoms with E-state index in [1.54, 1.807) is 0 Å². The van der Waals surface area contributed by atoms with Crippen molar-refractivity contribution >= 4 is 5.91 Å². The number of likely N-dealkylation sites (tertiary alicyclic amines) is 1. The molecule has 27 heavy (non-hydrogen) atoms. The molecule has 1 aromatic heterocycles. The standard InChI is InChI=1S/C20H32N4O3/c1-2-24-13-16(11-22-24)12-23-14-17(9-19-18(23)5-8-27-19)20(25)21-10-15-3-6-26-7-4-15/h11,13,15,17-19H,2-10,12,14H2,1H3,(H,21,25)/t17-,18+,19+/m0/s1. The van der Waals surface area contributed by atoms with Crippen LogP contribution in [0.2, 0.25) is 0 Å². The summed E-state index contributed by atoms with van der Waals surface area (Å²) in [5, 5.41) is 7.60. The number of nitrogens with one attached hydrogen (secondary N) is 1. The molecule has 1 aromatic rings. The molecule has 0 radical (unpaired) electrons. The summed E-state index contributed by atoms with van der Waals surface area (Å²) in [5.41, 5.74) is 1.21. The lowest BCUT2D eigenvalue weighted by Gasteiger charge is -2.40. The molecule has 4 rings (SSSR count). The molecule has 0 unspecified atom stereocenters. The summed E-state index contributed by atoms with van der Waals surface area (Å²) in [6, 6.07) is 0.425. The normalized spacial score (nSPS) is 29.6. The monoisotopic (exact) mass is 376 g/mol. The SMILES string of the molecule is CCn1cc(CN2C[C@@H](C(=O)NCC3CCOCC3)C[C@H]3OCC[C@H]32)cn1. The molecule has 1 N–H and O–H groups in total. The fourth-order valence-electron chi connectivity index (χ4n) is 4.66. The van der Waals surface area contributed by atoms with Gasteiger partial charge in [-0.1, -0.05) is 0 Å². The highest BCUT2D eigenvalue weighted by molar-refractivity contribution is 5.79. The zero-order chi connectivity index (χ0) is 18.6. The summed E-state index contributed by atoms with van der Waals surface area (Å²) in [7, 11) is 0. The Labute approximate surface area is 161 Å². The maximum Gasteiger partial charge on any atom is 0.224 e. The van der Waals surface area contributed by atoms with Gasteiger partial charge in [-0.2, -0.15) is 5.10 Å². The van der Waals surface area contributed by atoms with E-state index in [2.05, 4.69) is 28.4 Å². The van der Waals surface area contributed by atoms with Gasteiger partial charge in [-0.3, -0.25) is 14.4 Å². The van der Waals surface area contributed by atoms with E-state index in [9.17, 15) is 4.79 Å². The van der Waals surface area contributed by atoms with Crippen LogP contribution in [0.15, 0.2) is 12.4 Å². The van der Waals surface area contributed by atoms with Gasteiger partial charge < -0.3 is 14.8 Å². The third-order valence-electron chi connectivity index (χ3n) is 6.29. The summed E-state index contributed by atoms with van der Waals surface area (Å²) < 4.78 is 13.3. The van der Waals surface area contributed by atoms with Gasteiger partial charge in [0.25, 0.3) is 0 Å². The minimum atomic E-state index is 0.00501. The number of carbonyl (C=O) groups is 1. The predicted molar refractivity (Wildman–Crippen MR) is 101 cm³/mol. The number of piperidine rings is 1. The molecule has 7 nitrogen and oxygen atoms in total. The van der Waals surface area contributed by atoms with E-state index in [0.29, 0.717) is 12.0 Å². The molecule has 3 atom stereocenters. The number of amides is 1. The maximum atomic E-state index is 12.8. The first kappa shape index (κ1) is 18.9. The number of hydrogen-bond acceptors (Lipinski definition) is 5.